The number of unbranched alkanes of at least 4 members (excludes halogenated alkanes) is 39. The van der Waals surface area contributed by atoms with Gasteiger partial charge in [0.05, 0.1) is 25.4 Å². The summed E-state index contributed by atoms with van der Waals surface area (Å²) in [7, 11) is 0. The Kier molecular flexibility index (Phi) is 54.1. The predicted octanol–water partition coefficient (Wildman–Crippen LogP) is 18.0. The molecule has 0 rings (SSSR count). The number of hydrogen-bond donors (Lipinski definition) is 3. The summed E-state index contributed by atoms with van der Waals surface area (Å²) < 4.78 is 5.46. The van der Waals surface area contributed by atoms with Crippen molar-refractivity contribution in [2.75, 3.05) is 13.2 Å². The molecule has 2 unspecified atom stereocenters. The Morgan fingerprint density at radius 1 is 0.409 bits per heavy atom. The molecule has 3 N–H and O–H groups in total. The highest BCUT2D eigenvalue weighted by atomic mass is 16.5. The third-order valence-corrected chi connectivity index (χ3v) is 13.4. The molecule has 2 atom stereocenters. The second kappa shape index (κ2) is 55.7. The van der Waals surface area contributed by atoms with Crippen molar-refractivity contribution < 1.29 is 24.5 Å². The first-order chi connectivity index (χ1) is 32.5. The summed E-state index contributed by atoms with van der Waals surface area (Å²) >= 11 is 0. The monoisotopic (exact) mass is 928 g/mol. The molecule has 0 aromatic heterocycles. The maximum absolute atomic E-state index is 12.4. The number of amides is 1. The van der Waals surface area contributed by atoms with E-state index in [1.54, 1.807) is 6.08 Å². The zero-order valence-electron chi connectivity index (χ0n) is 44.2. The van der Waals surface area contributed by atoms with E-state index in [-0.39, 0.29) is 18.5 Å². The molecule has 0 heterocycles. The van der Waals surface area contributed by atoms with E-state index >= 15 is 0 Å². The molecule has 0 spiro atoms. The third-order valence-electron chi connectivity index (χ3n) is 13.4. The van der Waals surface area contributed by atoms with Crippen molar-refractivity contribution in [3.05, 3.63) is 36.5 Å². The summed E-state index contributed by atoms with van der Waals surface area (Å²) in [5, 5.41) is 22.9. The van der Waals surface area contributed by atoms with Crippen molar-refractivity contribution >= 4 is 11.9 Å². The third kappa shape index (κ3) is 51.5. The van der Waals surface area contributed by atoms with Gasteiger partial charge in [-0.25, -0.2) is 0 Å². The fourth-order valence-corrected chi connectivity index (χ4v) is 8.86. The molecule has 6 heteroatoms. The highest BCUT2D eigenvalue weighted by Gasteiger charge is 2.18. The second-order valence-corrected chi connectivity index (χ2v) is 20.0. The first-order valence-corrected chi connectivity index (χ1v) is 29.3. The van der Waals surface area contributed by atoms with Gasteiger partial charge in [-0.2, -0.15) is 0 Å². The zero-order valence-corrected chi connectivity index (χ0v) is 44.2. The molecular formula is C60H113NO5. The normalized spacial score (nSPS) is 12.8. The maximum Gasteiger partial charge on any atom is 0.305 e. The summed E-state index contributed by atoms with van der Waals surface area (Å²) in [5.41, 5.74) is 0. The average Bonchev–Trinajstić information content (AvgIpc) is 3.32. The Hall–Kier alpha value is -1.92. The van der Waals surface area contributed by atoms with Crippen LogP contribution in [-0.2, 0) is 14.3 Å². The summed E-state index contributed by atoms with van der Waals surface area (Å²) in [6.07, 6.45) is 69.1. The number of ether oxygens (including phenoxy) is 1. The van der Waals surface area contributed by atoms with E-state index < -0.39 is 12.1 Å². The van der Waals surface area contributed by atoms with Crippen LogP contribution in [0.3, 0.4) is 0 Å². The molecule has 0 saturated heterocycles. The lowest BCUT2D eigenvalue weighted by atomic mass is 10.0. The van der Waals surface area contributed by atoms with Gasteiger partial charge in [0.2, 0.25) is 5.91 Å². The molecule has 0 fully saturated rings. The number of carbonyl (C=O) groups is 2. The lowest BCUT2D eigenvalue weighted by Gasteiger charge is -2.20. The highest BCUT2D eigenvalue weighted by Crippen LogP contribution is 2.16. The predicted molar refractivity (Wildman–Crippen MR) is 287 cm³/mol. The largest absolute Gasteiger partial charge is 0.466 e. The number of hydrogen-bond acceptors (Lipinski definition) is 5. The minimum Gasteiger partial charge on any atom is -0.466 e. The smallest absolute Gasteiger partial charge is 0.305 e. The Morgan fingerprint density at radius 3 is 1.11 bits per heavy atom. The number of allylic oxidation sites excluding steroid dienone is 5. The molecule has 66 heavy (non-hydrogen) atoms. The van der Waals surface area contributed by atoms with Crippen LogP contribution < -0.4 is 5.32 Å². The lowest BCUT2D eigenvalue weighted by molar-refractivity contribution is -0.143. The Labute approximate surface area is 411 Å². The van der Waals surface area contributed by atoms with Crippen LogP contribution >= 0.6 is 0 Å². The van der Waals surface area contributed by atoms with Gasteiger partial charge in [0.1, 0.15) is 0 Å². The second-order valence-electron chi connectivity index (χ2n) is 20.0. The van der Waals surface area contributed by atoms with Gasteiger partial charge in [0.15, 0.2) is 0 Å². The Bertz CT molecular complexity index is 1070. The molecule has 0 aliphatic rings. The van der Waals surface area contributed by atoms with E-state index in [0.29, 0.717) is 19.4 Å². The van der Waals surface area contributed by atoms with E-state index in [1.165, 1.54) is 238 Å². The van der Waals surface area contributed by atoms with Crippen molar-refractivity contribution in [1.82, 2.24) is 5.32 Å². The fraction of sp³-hybridized carbons (Fsp3) is 0.867. The van der Waals surface area contributed by atoms with Gasteiger partial charge in [-0.1, -0.05) is 249 Å². The number of nitrogens with one attached hydrogen (secondary N) is 1. The van der Waals surface area contributed by atoms with Gasteiger partial charge in [0.25, 0.3) is 0 Å². The molecule has 0 aromatic carbocycles. The highest BCUT2D eigenvalue weighted by molar-refractivity contribution is 5.76. The van der Waals surface area contributed by atoms with Crippen LogP contribution in [0, 0.1) is 0 Å². The minimum absolute atomic E-state index is 0.00488. The van der Waals surface area contributed by atoms with Gasteiger partial charge in [-0.3, -0.25) is 9.59 Å². The molecule has 0 radical (unpaired) electrons. The standard InChI is InChI=1S/C60H113NO5/c1-3-5-7-9-11-13-14-34-38-42-46-50-54-60(65)66-55-51-47-43-39-35-32-30-28-26-24-22-20-18-16-15-17-19-21-23-25-27-29-31-33-37-41-45-49-53-59(64)61-57(56-62)58(63)52-48-44-40-36-12-10-8-6-4-2/h11,13,15-16,48,52,57-58,62-63H,3-10,12,14,17-47,49-51,53-56H2,1-2H3,(H,61,64)/b13-11-,16-15-,52-48+. The van der Waals surface area contributed by atoms with E-state index in [0.717, 1.165) is 44.9 Å². The molecule has 6 nitrogen and oxygen atoms in total. The number of carbonyl (C=O) groups excluding carboxylic acids is 2. The van der Waals surface area contributed by atoms with E-state index in [2.05, 4.69) is 43.5 Å². The van der Waals surface area contributed by atoms with Crippen LogP contribution in [0.2, 0.25) is 0 Å². The molecule has 0 aliphatic heterocycles. The summed E-state index contributed by atoms with van der Waals surface area (Å²) in [6.45, 7) is 4.85. The van der Waals surface area contributed by atoms with Gasteiger partial charge < -0.3 is 20.3 Å². The maximum atomic E-state index is 12.4. The summed E-state index contributed by atoms with van der Waals surface area (Å²) in [6, 6.07) is -0.625. The Balaban J connectivity index is 3.37. The first kappa shape index (κ1) is 64.1. The van der Waals surface area contributed by atoms with Crippen molar-refractivity contribution in [3.8, 4) is 0 Å². The van der Waals surface area contributed by atoms with Crippen LogP contribution in [0.4, 0.5) is 0 Å². The summed E-state index contributed by atoms with van der Waals surface area (Å²) in [5.74, 6) is -0.0657. The molecular weight excluding hydrogens is 815 g/mol. The number of rotatable bonds is 54. The number of aliphatic hydroxyl groups excluding tert-OH is 2. The van der Waals surface area contributed by atoms with Gasteiger partial charge in [0, 0.05) is 12.8 Å². The molecule has 388 valence electrons. The van der Waals surface area contributed by atoms with Crippen LogP contribution in [0.25, 0.3) is 0 Å². The number of esters is 1. The van der Waals surface area contributed by atoms with Gasteiger partial charge >= 0.3 is 5.97 Å². The first-order valence-electron chi connectivity index (χ1n) is 29.3. The number of aliphatic hydroxyl groups is 2. The average molecular weight is 929 g/mol. The van der Waals surface area contributed by atoms with Crippen LogP contribution in [0.5, 0.6) is 0 Å². The summed E-state index contributed by atoms with van der Waals surface area (Å²) in [4.78, 5) is 24.4. The quantitative estimate of drug-likeness (QED) is 0.0321. The topological polar surface area (TPSA) is 95.9 Å². The van der Waals surface area contributed by atoms with Crippen molar-refractivity contribution in [1.29, 1.82) is 0 Å². The molecule has 1 amide bonds. The van der Waals surface area contributed by atoms with E-state index in [9.17, 15) is 19.8 Å². The van der Waals surface area contributed by atoms with Crippen molar-refractivity contribution in [3.63, 3.8) is 0 Å². The van der Waals surface area contributed by atoms with E-state index in [1.807, 2.05) is 6.08 Å². The van der Waals surface area contributed by atoms with Gasteiger partial charge in [-0.05, 0) is 83.5 Å². The molecule has 0 aromatic rings. The van der Waals surface area contributed by atoms with Crippen molar-refractivity contribution in [2.24, 2.45) is 0 Å². The van der Waals surface area contributed by atoms with Gasteiger partial charge in [-0.15, -0.1) is 0 Å². The minimum atomic E-state index is -0.842. The molecule has 0 bridgehead atoms. The Morgan fingerprint density at radius 2 is 0.712 bits per heavy atom. The fourth-order valence-electron chi connectivity index (χ4n) is 8.86. The van der Waals surface area contributed by atoms with Crippen LogP contribution in [0.1, 0.15) is 309 Å². The van der Waals surface area contributed by atoms with Crippen LogP contribution in [0.15, 0.2) is 36.5 Å². The lowest BCUT2D eigenvalue weighted by Crippen LogP contribution is -2.45. The molecule has 0 aliphatic carbocycles. The van der Waals surface area contributed by atoms with Crippen molar-refractivity contribution in [2.45, 2.75) is 321 Å². The van der Waals surface area contributed by atoms with Crippen LogP contribution in [-0.4, -0.2) is 47.4 Å². The zero-order chi connectivity index (χ0) is 47.9. The van der Waals surface area contributed by atoms with E-state index in [4.69, 9.17) is 4.74 Å². The molecule has 0 saturated carbocycles. The SMILES string of the molecule is CCCCC/C=C\CCCCCCCC(=O)OCCCCCCCCCCCCCC/C=C\CCCCCCCCCCCCCCC(=O)NC(CO)C(O)/C=C/CCCCCCCCC.